The topological polar surface area (TPSA) is 83.0 Å². The van der Waals surface area contributed by atoms with Crippen molar-refractivity contribution in [2.45, 2.75) is 20.4 Å². The van der Waals surface area contributed by atoms with Gasteiger partial charge in [-0.1, -0.05) is 18.2 Å². The Kier molecular flexibility index (Phi) is 11.0. The Balaban J connectivity index is 0.00000364. The molecule has 1 aromatic rings. The number of guanidine groups is 1. The molecule has 1 aliphatic rings. The quantitative estimate of drug-likeness (QED) is 0.314. The lowest BCUT2D eigenvalue weighted by Crippen LogP contribution is -2.45. The van der Waals surface area contributed by atoms with Crippen molar-refractivity contribution in [2.75, 3.05) is 50.8 Å². The summed E-state index contributed by atoms with van der Waals surface area (Å²) >= 11 is 0. The highest BCUT2D eigenvalue weighted by Gasteiger charge is 2.20. The van der Waals surface area contributed by atoms with Gasteiger partial charge in [-0.3, -0.25) is 4.90 Å². The molecule has 27 heavy (non-hydrogen) atoms. The number of benzene rings is 1. The summed E-state index contributed by atoms with van der Waals surface area (Å²) in [6.45, 7) is 8.69. The first-order valence-corrected chi connectivity index (χ1v) is 11.0. The fourth-order valence-electron chi connectivity index (χ4n) is 2.74. The second-order valence-electron chi connectivity index (χ2n) is 6.16. The summed E-state index contributed by atoms with van der Waals surface area (Å²) < 4.78 is 28.6. The standard InChI is InChI=1S/C18H30N4O3S.HI/c1-3-19-18(20-9-10-22-11-13-26(23,24)14-12-22)21-15-16-7-5-6-8-17(16)25-4-2;/h5-8H,3-4,9-15H2,1-2H3,(H2,19,20,21);1H. The average Bonchev–Trinajstić information content (AvgIpc) is 2.62. The van der Waals surface area contributed by atoms with Crippen molar-refractivity contribution < 1.29 is 13.2 Å². The summed E-state index contributed by atoms with van der Waals surface area (Å²) in [6.07, 6.45) is 0. The minimum Gasteiger partial charge on any atom is -0.494 e. The molecule has 0 aromatic heterocycles. The molecular weight excluding hydrogens is 479 g/mol. The van der Waals surface area contributed by atoms with Crippen molar-refractivity contribution in [3.05, 3.63) is 29.8 Å². The second-order valence-corrected chi connectivity index (χ2v) is 8.46. The molecule has 154 valence electrons. The van der Waals surface area contributed by atoms with Gasteiger partial charge in [-0.2, -0.15) is 0 Å². The highest BCUT2D eigenvalue weighted by atomic mass is 127. The molecule has 0 saturated carbocycles. The number of sulfone groups is 1. The van der Waals surface area contributed by atoms with E-state index in [0.717, 1.165) is 36.9 Å². The molecule has 2 N–H and O–H groups in total. The first-order valence-electron chi connectivity index (χ1n) is 9.19. The van der Waals surface area contributed by atoms with Gasteiger partial charge in [0.05, 0.1) is 24.7 Å². The zero-order chi connectivity index (χ0) is 18.8. The van der Waals surface area contributed by atoms with E-state index in [-0.39, 0.29) is 35.5 Å². The van der Waals surface area contributed by atoms with Crippen LogP contribution in [0, 0.1) is 0 Å². The predicted molar refractivity (Wildman–Crippen MR) is 121 cm³/mol. The maximum atomic E-state index is 11.5. The van der Waals surface area contributed by atoms with Crippen molar-refractivity contribution in [3.63, 3.8) is 0 Å². The lowest BCUT2D eigenvalue weighted by Gasteiger charge is -2.26. The Morgan fingerprint density at radius 1 is 1.19 bits per heavy atom. The SMILES string of the molecule is CCNC(=NCc1ccccc1OCC)NCCN1CCS(=O)(=O)CC1.I. The summed E-state index contributed by atoms with van der Waals surface area (Å²) in [7, 11) is -2.82. The maximum absolute atomic E-state index is 11.5. The number of hydrogen-bond acceptors (Lipinski definition) is 5. The van der Waals surface area contributed by atoms with Crippen LogP contribution in [-0.2, 0) is 16.4 Å². The van der Waals surface area contributed by atoms with Crippen molar-refractivity contribution in [1.82, 2.24) is 15.5 Å². The third kappa shape index (κ3) is 8.65. The van der Waals surface area contributed by atoms with Crippen LogP contribution < -0.4 is 15.4 Å². The van der Waals surface area contributed by atoms with E-state index >= 15 is 0 Å². The fraction of sp³-hybridized carbons (Fsp3) is 0.611. The molecule has 0 spiro atoms. The minimum absolute atomic E-state index is 0. The number of aliphatic imine (C=N–C) groups is 1. The molecule has 1 aliphatic heterocycles. The van der Waals surface area contributed by atoms with Gasteiger partial charge in [0, 0.05) is 38.3 Å². The maximum Gasteiger partial charge on any atom is 0.191 e. The van der Waals surface area contributed by atoms with Gasteiger partial charge < -0.3 is 15.4 Å². The van der Waals surface area contributed by atoms with E-state index in [1.54, 1.807) is 0 Å². The number of ether oxygens (including phenoxy) is 1. The van der Waals surface area contributed by atoms with Gasteiger partial charge in [-0.05, 0) is 19.9 Å². The van der Waals surface area contributed by atoms with E-state index in [9.17, 15) is 8.42 Å². The van der Waals surface area contributed by atoms with Gasteiger partial charge in [0.1, 0.15) is 5.75 Å². The molecule has 1 fully saturated rings. The molecule has 7 nitrogen and oxygen atoms in total. The van der Waals surface area contributed by atoms with Crippen molar-refractivity contribution >= 4 is 39.8 Å². The van der Waals surface area contributed by atoms with Gasteiger partial charge in [0.2, 0.25) is 0 Å². The van der Waals surface area contributed by atoms with Gasteiger partial charge in [-0.15, -0.1) is 24.0 Å². The highest BCUT2D eigenvalue weighted by Crippen LogP contribution is 2.18. The molecule has 0 aliphatic carbocycles. The van der Waals surface area contributed by atoms with Crippen molar-refractivity contribution in [1.29, 1.82) is 0 Å². The number of halogens is 1. The lowest BCUT2D eigenvalue weighted by molar-refractivity contribution is 0.299. The number of rotatable bonds is 8. The zero-order valence-corrected chi connectivity index (χ0v) is 19.3. The first-order chi connectivity index (χ1) is 12.5. The zero-order valence-electron chi connectivity index (χ0n) is 16.1. The van der Waals surface area contributed by atoms with Crippen LogP contribution in [0.3, 0.4) is 0 Å². The Morgan fingerprint density at radius 2 is 1.89 bits per heavy atom. The van der Waals surface area contributed by atoms with Crippen molar-refractivity contribution in [3.8, 4) is 5.75 Å². The summed E-state index contributed by atoms with van der Waals surface area (Å²) in [5, 5.41) is 6.56. The Bertz CT molecular complexity index is 684. The second kappa shape index (κ2) is 12.4. The van der Waals surface area contributed by atoms with Crippen LogP contribution in [0.25, 0.3) is 0 Å². The van der Waals surface area contributed by atoms with E-state index in [1.165, 1.54) is 0 Å². The average molecular weight is 510 g/mol. The van der Waals surface area contributed by atoms with Gasteiger partial charge in [-0.25, -0.2) is 13.4 Å². The van der Waals surface area contributed by atoms with Gasteiger partial charge >= 0.3 is 0 Å². The third-order valence-electron chi connectivity index (χ3n) is 4.18. The molecule has 0 radical (unpaired) electrons. The lowest BCUT2D eigenvalue weighted by atomic mass is 10.2. The number of hydrogen-bond donors (Lipinski definition) is 2. The normalized spacial score (nSPS) is 17.0. The van der Waals surface area contributed by atoms with Crippen LogP contribution in [0.1, 0.15) is 19.4 Å². The molecule has 9 heteroatoms. The molecule has 1 heterocycles. The highest BCUT2D eigenvalue weighted by molar-refractivity contribution is 14.0. The number of nitrogens with one attached hydrogen (secondary N) is 2. The third-order valence-corrected chi connectivity index (χ3v) is 5.79. The predicted octanol–water partition coefficient (Wildman–Crippen LogP) is 1.49. The van der Waals surface area contributed by atoms with Crippen LogP contribution >= 0.6 is 24.0 Å². The fourth-order valence-corrected chi connectivity index (χ4v) is 4.02. The minimum atomic E-state index is -2.82. The van der Waals surface area contributed by atoms with Crippen LogP contribution in [0.15, 0.2) is 29.3 Å². The van der Waals surface area contributed by atoms with Gasteiger partial charge in [0.15, 0.2) is 15.8 Å². The summed E-state index contributed by atoms with van der Waals surface area (Å²) in [6, 6.07) is 7.92. The monoisotopic (exact) mass is 510 g/mol. The van der Waals surface area contributed by atoms with E-state index in [2.05, 4.69) is 20.5 Å². The van der Waals surface area contributed by atoms with E-state index < -0.39 is 9.84 Å². The Labute approximate surface area is 179 Å². The first kappa shape index (κ1) is 24.0. The largest absolute Gasteiger partial charge is 0.494 e. The van der Waals surface area contributed by atoms with Crippen LogP contribution in [-0.4, -0.2) is 70.1 Å². The van der Waals surface area contributed by atoms with E-state index in [0.29, 0.717) is 26.2 Å². The number of nitrogens with zero attached hydrogens (tertiary/aromatic N) is 2. The summed E-state index contributed by atoms with van der Waals surface area (Å²) in [5.74, 6) is 2.14. The molecule has 2 rings (SSSR count). The van der Waals surface area contributed by atoms with Crippen LogP contribution in [0.2, 0.25) is 0 Å². The van der Waals surface area contributed by atoms with E-state index in [1.807, 2.05) is 38.1 Å². The molecule has 0 bridgehead atoms. The molecule has 0 atom stereocenters. The summed E-state index contributed by atoms with van der Waals surface area (Å²) in [5.41, 5.74) is 1.05. The van der Waals surface area contributed by atoms with E-state index in [4.69, 9.17) is 4.74 Å². The molecule has 0 amide bonds. The number of para-hydroxylation sites is 1. The van der Waals surface area contributed by atoms with Gasteiger partial charge in [0.25, 0.3) is 0 Å². The molecule has 1 aromatic carbocycles. The molecule has 1 saturated heterocycles. The van der Waals surface area contributed by atoms with Crippen molar-refractivity contribution in [2.24, 2.45) is 4.99 Å². The van der Waals surface area contributed by atoms with Crippen LogP contribution in [0.4, 0.5) is 0 Å². The molecular formula is C18H31IN4O3S. The Morgan fingerprint density at radius 3 is 2.56 bits per heavy atom. The Hall–Kier alpha value is -1.07. The molecule has 0 unspecified atom stereocenters. The summed E-state index contributed by atoms with van der Waals surface area (Å²) in [4.78, 5) is 6.80. The smallest absolute Gasteiger partial charge is 0.191 e. The van der Waals surface area contributed by atoms with Crippen LogP contribution in [0.5, 0.6) is 5.75 Å².